The Bertz CT molecular complexity index is 556. The first kappa shape index (κ1) is 19.7. The zero-order chi connectivity index (χ0) is 18.2. The normalized spacial score (nSPS) is 12.2. The van der Waals surface area contributed by atoms with Crippen LogP contribution in [0.2, 0.25) is 0 Å². The molecule has 1 N–H and O–H groups in total. The van der Waals surface area contributed by atoms with Gasteiger partial charge < -0.3 is 19.5 Å². The van der Waals surface area contributed by atoms with E-state index in [0.29, 0.717) is 11.3 Å². The number of nitrogens with one attached hydrogen (secondary N) is 1. The van der Waals surface area contributed by atoms with Gasteiger partial charge in [-0.15, -0.1) is 0 Å². The number of alkyl carbamates (subject to hydrolysis) is 1. The Balaban J connectivity index is 2.92. The third kappa shape index (κ3) is 7.30. The number of alkyl halides is 1. The van der Waals surface area contributed by atoms with Crippen molar-refractivity contribution in [3.05, 3.63) is 29.8 Å². The lowest BCUT2D eigenvalue weighted by Crippen LogP contribution is -2.36. The molecule has 0 aromatic heterocycles. The summed E-state index contributed by atoms with van der Waals surface area (Å²) in [5, 5.41) is 2.65. The van der Waals surface area contributed by atoms with E-state index in [4.69, 9.17) is 9.47 Å². The molecule has 1 aromatic carbocycles. The molecule has 24 heavy (non-hydrogen) atoms. The molecular formula is C17H24FNO5. The highest BCUT2D eigenvalue weighted by molar-refractivity contribution is 5.73. The van der Waals surface area contributed by atoms with Gasteiger partial charge in [-0.25, -0.2) is 9.18 Å². The van der Waals surface area contributed by atoms with Crippen LogP contribution in [0.25, 0.3) is 0 Å². The largest absolute Gasteiger partial charge is 0.491 e. The van der Waals surface area contributed by atoms with Gasteiger partial charge in [0.1, 0.15) is 24.6 Å². The number of carbonyl (C=O) groups is 2. The molecule has 0 aliphatic heterocycles. The fourth-order valence-corrected chi connectivity index (χ4v) is 1.93. The van der Waals surface area contributed by atoms with Crippen LogP contribution in [0.15, 0.2) is 24.3 Å². The molecule has 1 rings (SSSR count). The minimum atomic E-state index is -0.661. The molecule has 134 valence electrons. The predicted molar refractivity (Wildman–Crippen MR) is 86.7 cm³/mol. The van der Waals surface area contributed by atoms with Crippen LogP contribution in [-0.4, -0.2) is 38.1 Å². The van der Waals surface area contributed by atoms with Gasteiger partial charge in [0.05, 0.1) is 19.6 Å². The van der Waals surface area contributed by atoms with E-state index < -0.39 is 30.4 Å². The van der Waals surface area contributed by atoms with E-state index in [9.17, 15) is 14.0 Å². The maximum atomic E-state index is 12.2. The van der Waals surface area contributed by atoms with E-state index in [1.807, 2.05) is 0 Å². The van der Waals surface area contributed by atoms with Gasteiger partial charge in [-0.05, 0) is 38.5 Å². The SMILES string of the molecule is COC(=O)C[C@@H](NC(=O)OC(C)(C)C)c1cccc(OCCF)c1. The van der Waals surface area contributed by atoms with Crippen molar-refractivity contribution in [3.8, 4) is 5.75 Å². The van der Waals surface area contributed by atoms with Gasteiger partial charge in [-0.1, -0.05) is 12.1 Å². The molecule has 0 aliphatic carbocycles. The number of ether oxygens (including phenoxy) is 3. The second-order valence-corrected chi connectivity index (χ2v) is 6.09. The average molecular weight is 341 g/mol. The lowest BCUT2D eigenvalue weighted by Gasteiger charge is -2.23. The smallest absolute Gasteiger partial charge is 0.408 e. The summed E-state index contributed by atoms with van der Waals surface area (Å²) >= 11 is 0. The van der Waals surface area contributed by atoms with Crippen molar-refractivity contribution in [2.45, 2.75) is 38.8 Å². The third-order valence-corrected chi connectivity index (χ3v) is 2.90. The standard InChI is InChI=1S/C17H24FNO5/c1-17(2,3)24-16(21)19-14(11-15(20)22-4)12-6-5-7-13(10-12)23-9-8-18/h5-7,10,14H,8-9,11H2,1-4H3,(H,19,21)/t14-/m1/s1. The maximum absolute atomic E-state index is 12.2. The zero-order valence-electron chi connectivity index (χ0n) is 14.4. The van der Waals surface area contributed by atoms with E-state index in [-0.39, 0.29) is 13.0 Å². The van der Waals surface area contributed by atoms with E-state index in [0.717, 1.165) is 0 Å². The number of hydrogen-bond acceptors (Lipinski definition) is 5. The van der Waals surface area contributed by atoms with Gasteiger partial charge >= 0.3 is 12.1 Å². The number of halogens is 1. The van der Waals surface area contributed by atoms with Crippen molar-refractivity contribution in [3.63, 3.8) is 0 Å². The predicted octanol–water partition coefficient (Wildman–Crippen LogP) is 3.16. The fourth-order valence-electron chi connectivity index (χ4n) is 1.93. The first-order chi connectivity index (χ1) is 11.2. The highest BCUT2D eigenvalue weighted by atomic mass is 19.1. The van der Waals surface area contributed by atoms with Crippen LogP contribution in [0, 0.1) is 0 Å². The topological polar surface area (TPSA) is 73.9 Å². The molecule has 1 amide bonds. The van der Waals surface area contributed by atoms with Crippen LogP contribution in [0.1, 0.15) is 38.8 Å². The van der Waals surface area contributed by atoms with E-state index in [1.54, 1.807) is 45.0 Å². The minimum Gasteiger partial charge on any atom is -0.491 e. The van der Waals surface area contributed by atoms with Crippen LogP contribution in [0.3, 0.4) is 0 Å². The number of amides is 1. The van der Waals surface area contributed by atoms with E-state index >= 15 is 0 Å². The summed E-state index contributed by atoms with van der Waals surface area (Å²) in [4.78, 5) is 23.6. The minimum absolute atomic E-state index is 0.0649. The molecule has 0 unspecified atom stereocenters. The Morgan fingerprint density at radius 2 is 2.00 bits per heavy atom. The molecule has 0 aliphatic rings. The average Bonchev–Trinajstić information content (AvgIpc) is 2.50. The molecule has 0 fully saturated rings. The molecule has 7 heteroatoms. The van der Waals surface area contributed by atoms with Crippen molar-refractivity contribution in [2.75, 3.05) is 20.4 Å². The van der Waals surface area contributed by atoms with Crippen LogP contribution in [0.5, 0.6) is 5.75 Å². The van der Waals surface area contributed by atoms with Gasteiger partial charge in [-0.2, -0.15) is 0 Å². The number of hydrogen-bond donors (Lipinski definition) is 1. The molecule has 0 bridgehead atoms. The van der Waals surface area contributed by atoms with E-state index in [2.05, 4.69) is 10.1 Å². The van der Waals surface area contributed by atoms with Crippen LogP contribution in [-0.2, 0) is 14.3 Å². The molecule has 1 aromatic rings. The highest BCUT2D eigenvalue weighted by Gasteiger charge is 2.23. The summed E-state index contributed by atoms with van der Waals surface area (Å²) in [6.45, 7) is 4.56. The molecule has 0 saturated carbocycles. The quantitative estimate of drug-likeness (QED) is 0.771. The van der Waals surface area contributed by atoms with Crippen LogP contribution < -0.4 is 10.1 Å². The lowest BCUT2D eigenvalue weighted by atomic mass is 10.0. The molecular weight excluding hydrogens is 317 g/mol. The summed E-state index contributed by atoms with van der Waals surface area (Å²) in [5.74, 6) is -0.0304. The Labute approximate surface area is 141 Å². The molecule has 0 heterocycles. The van der Waals surface area contributed by atoms with Crippen molar-refractivity contribution >= 4 is 12.1 Å². The summed E-state index contributed by atoms with van der Waals surface area (Å²) in [5.41, 5.74) is -0.0333. The Morgan fingerprint density at radius 1 is 1.29 bits per heavy atom. The maximum Gasteiger partial charge on any atom is 0.408 e. The first-order valence-corrected chi connectivity index (χ1v) is 7.60. The molecule has 0 radical (unpaired) electrons. The van der Waals surface area contributed by atoms with Crippen LogP contribution >= 0.6 is 0 Å². The number of esters is 1. The fraction of sp³-hybridized carbons (Fsp3) is 0.529. The molecule has 6 nitrogen and oxygen atoms in total. The highest BCUT2D eigenvalue weighted by Crippen LogP contribution is 2.23. The summed E-state index contributed by atoms with van der Waals surface area (Å²) in [6.07, 6.45) is -0.714. The summed E-state index contributed by atoms with van der Waals surface area (Å²) < 4.78 is 27.3. The Hall–Kier alpha value is -2.31. The first-order valence-electron chi connectivity index (χ1n) is 7.60. The van der Waals surface area contributed by atoms with Crippen LogP contribution in [0.4, 0.5) is 9.18 Å². The van der Waals surface area contributed by atoms with Gasteiger partial charge in [0.15, 0.2) is 0 Å². The lowest BCUT2D eigenvalue weighted by molar-refractivity contribution is -0.141. The third-order valence-electron chi connectivity index (χ3n) is 2.90. The molecule has 0 saturated heterocycles. The van der Waals surface area contributed by atoms with Crippen molar-refractivity contribution in [2.24, 2.45) is 0 Å². The number of carbonyl (C=O) groups excluding carboxylic acids is 2. The molecule has 0 spiro atoms. The number of benzene rings is 1. The second-order valence-electron chi connectivity index (χ2n) is 6.09. The summed E-state index contributed by atoms with van der Waals surface area (Å²) in [6, 6.07) is 6.08. The van der Waals surface area contributed by atoms with Gasteiger partial charge in [-0.3, -0.25) is 4.79 Å². The molecule has 1 atom stereocenters. The van der Waals surface area contributed by atoms with Gasteiger partial charge in [0, 0.05) is 0 Å². The monoisotopic (exact) mass is 341 g/mol. The van der Waals surface area contributed by atoms with Crippen molar-refractivity contribution < 1.29 is 28.2 Å². The second kappa shape index (κ2) is 9.10. The van der Waals surface area contributed by atoms with Gasteiger partial charge in [0.2, 0.25) is 0 Å². The number of rotatable bonds is 7. The zero-order valence-corrected chi connectivity index (χ0v) is 14.4. The Kier molecular flexibility index (Phi) is 7.48. The Morgan fingerprint density at radius 3 is 2.58 bits per heavy atom. The van der Waals surface area contributed by atoms with Gasteiger partial charge in [0.25, 0.3) is 0 Å². The number of methoxy groups -OCH3 is 1. The van der Waals surface area contributed by atoms with E-state index in [1.165, 1.54) is 7.11 Å². The summed E-state index contributed by atoms with van der Waals surface area (Å²) in [7, 11) is 1.27. The van der Waals surface area contributed by atoms with Crippen molar-refractivity contribution in [1.29, 1.82) is 0 Å². The van der Waals surface area contributed by atoms with Crippen molar-refractivity contribution in [1.82, 2.24) is 5.32 Å².